The number of nitrogens with zero attached hydrogens (tertiary/aromatic N) is 3. The third kappa shape index (κ3) is 6.07. The lowest BCUT2D eigenvalue weighted by molar-refractivity contribution is -0.139. The molecule has 0 bridgehead atoms. The third-order valence-corrected chi connectivity index (χ3v) is 6.50. The number of hydrogen-bond donors (Lipinski definition) is 1. The number of carbonyl (C=O) groups excluding carboxylic acids is 2. The Hall–Kier alpha value is -4.07. The number of carbonyl (C=O) groups is 2. The molecule has 8 nitrogen and oxygen atoms in total. The number of ketones is 1. The van der Waals surface area contributed by atoms with Crippen LogP contribution in [0, 0.1) is 5.92 Å². The Bertz CT molecular complexity index is 1270. The van der Waals surface area contributed by atoms with Gasteiger partial charge in [0.2, 0.25) is 0 Å². The Labute approximate surface area is 223 Å². The van der Waals surface area contributed by atoms with E-state index in [9.17, 15) is 14.7 Å². The van der Waals surface area contributed by atoms with Gasteiger partial charge >= 0.3 is 0 Å². The van der Waals surface area contributed by atoms with Crippen LogP contribution in [0.4, 0.5) is 0 Å². The first kappa shape index (κ1) is 27.0. The van der Waals surface area contributed by atoms with Crippen LogP contribution in [0.5, 0.6) is 11.5 Å². The van der Waals surface area contributed by atoms with Crippen molar-refractivity contribution < 1.29 is 24.2 Å². The van der Waals surface area contributed by atoms with E-state index >= 15 is 0 Å². The van der Waals surface area contributed by atoms with Gasteiger partial charge in [0.25, 0.3) is 11.7 Å². The topological polar surface area (TPSA) is 93.9 Å². The van der Waals surface area contributed by atoms with Crippen LogP contribution in [0.3, 0.4) is 0 Å². The average Bonchev–Trinajstić information content (AvgIpc) is 3.52. The number of ether oxygens (including phenoxy) is 2. The molecule has 1 aliphatic heterocycles. The lowest BCUT2D eigenvalue weighted by atomic mass is 9.95. The number of rotatable bonds is 12. The highest BCUT2D eigenvalue weighted by atomic mass is 16.5. The van der Waals surface area contributed by atoms with Crippen molar-refractivity contribution in [2.24, 2.45) is 5.92 Å². The first-order valence-corrected chi connectivity index (χ1v) is 13.1. The predicted molar refractivity (Wildman–Crippen MR) is 145 cm³/mol. The third-order valence-electron chi connectivity index (χ3n) is 6.50. The van der Waals surface area contributed by atoms with Gasteiger partial charge in [-0.3, -0.25) is 9.59 Å². The fourth-order valence-electron chi connectivity index (χ4n) is 4.54. The zero-order valence-electron chi connectivity index (χ0n) is 22.2. The minimum absolute atomic E-state index is 0.0692. The molecule has 1 amide bonds. The number of aryl methyl sites for hydroxylation is 1. The lowest BCUT2D eigenvalue weighted by Crippen LogP contribution is -2.31. The van der Waals surface area contributed by atoms with Gasteiger partial charge in [-0.15, -0.1) is 0 Å². The highest BCUT2D eigenvalue weighted by molar-refractivity contribution is 6.46. The lowest BCUT2D eigenvalue weighted by Gasteiger charge is -2.26. The maximum absolute atomic E-state index is 13.3. The van der Waals surface area contributed by atoms with E-state index in [1.165, 1.54) is 4.90 Å². The quantitative estimate of drug-likeness (QED) is 0.201. The molecule has 4 rings (SSSR count). The molecule has 0 radical (unpaired) electrons. The molecule has 8 heteroatoms. The minimum atomic E-state index is -0.762. The molecular formula is C30H35N3O5. The van der Waals surface area contributed by atoms with Gasteiger partial charge in [-0.05, 0) is 43.4 Å². The molecule has 3 aromatic rings. The van der Waals surface area contributed by atoms with E-state index in [0.717, 1.165) is 6.42 Å². The maximum Gasteiger partial charge on any atom is 0.295 e. The van der Waals surface area contributed by atoms with Gasteiger partial charge < -0.3 is 24.0 Å². The Balaban J connectivity index is 1.72. The summed E-state index contributed by atoms with van der Waals surface area (Å²) in [6.07, 6.45) is 6.79. The number of Topliss-reactive ketones (excluding diaryl/α,β-unsaturated/α-hetero) is 1. The summed E-state index contributed by atoms with van der Waals surface area (Å²) >= 11 is 0. The molecule has 200 valence electrons. The average molecular weight is 518 g/mol. The summed E-state index contributed by atoms with van der Waals surface area (Å²) in [5.41, 5.74) is 1.22. The van der Waals surface area contributed by atoms with Gasteiger partial charge in [0.1, 0.15) is 5.76 Å². The molecule has 0 aliphatic carbocycles. The molecule has 1 saturated heterocycles. The first-order valence-electron chi connectivity index (χ1n) is 13.1. The summed E-state index contributed by atoms with van der Waals surface area (Å²) in [4.78, 5) is 32.2. The number of benzene rings is 2. The first-order chi connectivity index (χ1) is 18.4. The fourth-order valence-corrected chi connectivity index (χ4v) is 4.54. The maximum atomic E-state index is 13.3. The summed E-state index contributed by atoms with van der Waals surface area (Å²) < 4.78 is 13.8. The molecule has 0 spiro atoms. The largest absolute Gasteiger partial charge is 0.507 e. The van der Waals surface area contributed by atoms with Gasteiger partial charge in [-0.25, -0.2) is 4.98 Å². The zero-order valence-corrected chi connectivity index (χ0v) is 22.2. The smallest absolute Gasteiger partial charge is 0.295 e. The molecule has 2 heterocycles. The molecule has 0 saturated carbocycles. The second-order valence-electron chi connectivity index (χ2n) is 9.68. The van der Waals surface area contributed by atoms with E-state index in [4.69, 9.17) is 9.47 Å². The van der Waals surface area contributed by atoms with Gasteiger partial charge in [-0.1, -0.05) is 50.2 Å². The molecule has 1 atom stereocenters. The Morgan fingerprint density at radius 3 is 2.53 bits per heavy atom. The second kappa shape index (κ2) is 12.4. The molecule has 1 N–H and O–H groups in total. The van der Waals surface area contributed by atoms with Gasteiger partial charge in [0.05, 0.1) is 31.2 Å². The molecule has 1 aliphatic rings. The summed E-state index contributed by atoms with van der Waals surface area (Å²) in [6, 6.07) is 13.5. The van der Waals surface area contributed by atoms with Crippen LogP contribution in [0.15, 0.2) is 72.8 Å². The van der Waals surface area contributed by atoms with Crippen LogP contribution in [0.25, 0.3) is 5.76 Å². The van der Waals surface area contributed by atoms with Crippen molar-refractivity contribution in [3.63, 3.8) is 0 Å². The summed E-state index contributed by atoms with van der Waals surface area (Å²) in [7, 11) is 0. The van der Waals surface area contributed by atoms with Crippen LogP contribution in [0.1, 0.15) is 50.8 Å². The minimum Gasteiger partial charge on any atom is -0.507 e. The van der Waals surface area contributed by atoms with E-state index in [1.54, 1.807) is 36.8 Å². The number of aliphatic hydroxyl groups is 1. The summed E-state index contributed by atoms with van der Waals surface area (Å²) in [6.45, 7) is 8.12. The highest BCUT2D eigenvalue weighted by Gasteiger charge is 2.46. The Morgan fingerprint density at radius 1 is 1.05 bits per heavy atom. The predicted octanol–water partition coefficient (Wildman–Crippen LogP) is 5.22. The van der Waals surface area contributed by atoms with Crippen molar-refractivity contribution in [1.29, 1.82) is 0 Å². The standard InChI is InChI=1S/C30H35N3O5/c1-4-37-25-19-23(11-12-24(25)38-18-13-21(2)3)27-26(28(34)22-9-6-5-7-10-22)29(35)30(36)33(27)16-8-15-32-17-14-31-20-32/h5-7,9-12,14,17,19-21,27,34H,4,8,13,15-16,18H2,1-3H3. The van der Waals surface area contributed by atoms with Gasteiger partial charge in [0, 0.05) is 31.0 Å². The number of imidazole rings is 1. The van der Waals surface area contributed by atoms with Gasteiger partial charge in [0.15, 0.2) is 11.5 Å². The molecule has 1 aromatic heterocycles. The number of likely N-dealkylation sites (tertiary alicyclic amines) is 1. The number of amides is 1. The molecular weight excluding hydrogens is 482 g/mol. The van der Waals surface area contributed by atoms with Crippen LogP contribution in [-0.4, -0.2) is 51.0 Å². The SMILES string of the molecule is CCOc1cc(C2C(=C(O)c3ccccc3)C(=O)C(=O)N2CCCn2ccnc2)ccc1OCCC(C)C. The van der Waals surface area contributed by atoms with Gasteiger partial charge in [-0.2, -0.15) is 0 Å². The van der Waals surface area contributed by atoms with Crippen molar-refractivity contribution in [1.82, 2.24) is 14.5 Å². The van der Waals surface area contributed by atoms with E-state index in [1.807, 2.05) is 42.0 Å². The van der Waals surface area contributed by atoms with Crippen molar-refractivity contribution in [3.8, 4) is 11.5 Å². The molecule has 38 heavy (non-hydrogen) atoms. The van der Waals surface area contributed by atoms with Crippen molar-refractivity contribution in [3.05, 3.63) is 84.0 Å². The van der Waals surface area contributed by atoms with Crippen LogP contribution < -0.4 is 9.47 Å². The van der Waals surface area contributed by atoms with Crippen molar-refractivity contribution >= 4 is 17.4 Å². The van der Waals surface area contributed by atoms with Crippen molar-refractivity contribution in [2.75, 3.05) is 19.8 Å². The van der Waals surface area contributed by atoms with Crippen LogP contribution >= 0.6 is 0 Å². The van der Waals surface area contributed by atoms with Crippen molar-refractivity contribution in [2.45, 2.75) is 46.2 Å². The normalized spacial score (nSPS) is 16.8. The summed E-state index contributed by atoms with van der Waals surface area (Å²) in [5, 5.41) is 11.2. The van der Waals surface area contributed by atoms with E-state index in [0.29, 0.717) is 61.3 Å². The van der Waals surface area contributed by atoms with Crippen LogP contribution in [0.2, 0.25) is 0 Å². The monoisotopic (exact) mass is 517 g/mol. The number of aromatic nitrogens is 2. The second-order valence-corrected chi connectivity index (χ2v) is 9.68. The van der Waals surface area contributed by atoms with E-state index < -0.39 is 17.7 Å². The van der Waals surface area contributed by atoms with Crippen LogP contribution in [-0.2, 0) is 16.1 Å². The Kier molecular flexibility index (Phi) is 8.84. The number of aliphatic hydroxyl groups excluding tert-OH is 1. The molecule has 1 fully saturated rings. The molecule has 1 unspecified atom stereocenters. The molecule has 2 aromatic carbocycles. The summed E-state index contributed by atoms with van der Waals surface area (Å²) in [5.74, 6) is 0.127. The highest BCUT2D eigenvalue weighted by Crippen LogP contribution is 2.42. The Morgan fingerprint density at radius 2 is 1.84 bits per heavy atom. The van der Waals surface area contributed by atoms with E-state index in [2.05, 4.69) is 18.8 Å². The number of hydrogen-bond acceptors (Lipinski definition) is 6. The zero-order chi connectivity index (χ0) is 27.1. The van der Waals surface area contributed by atoms with E-state index in [-0.39, 0.29) is 11.3 Å². The fraction of sp³-hybridized carbons (Fsp3) is 0.367.